The Morgan fingerprint density at radius 2 is 2.30 bits per heavy atom. The predicted molar refractivity (Wildman–Crippen MR) is 79.6 cm³/mol. The molecule has 3 N–H and O–H groups in total. The van der Waals surface area contributed by atoms with Gasteiger partial charge in [0.1, 0.15) is 0 Å². The molecule has 2 aromatic heterocycles. The first-order valence-electron chi connectivity index (χ1n) is 7.17. The van der Waals surface area contributed by atoms with Gasteiger partial charge in [-0.15, -0.1) is 0 Å². The average molecular weight is 274 g/mol. The van der Waals surface area contributed by atoms with E-state index in [1.807, 2.05) is 24.4 Å². The van der Waals surface area contributed by atoms with Gasteiger partial charge in [0.15, 0.2) is 0 Å². The molecule has 1 atom stereocenters. The van der Waals surface area contributed by atoms with E-state index >= 15 is 0 Å². The highest BCUT2D eigenvalue weighted by Gasteiger charge is 2.14. The number of nitrogens with zero attached hydrogens (tertiary/aromatic N) is 2. The molecule has 0 aliphatic heterocycles. The first-order chi connectivity index (χ1) is 9.76. The fourth-order valence-corrected chi connectivity index (χ4v) is 2.43. The first-order valence-corrected chi connectivity index (χ1v) is 7.17. The Kier molecular flexibility index (Phi) is 5.12. The number of hydrogen-bond acceptors (Lipinski definition) is 3. The summed E-state index contributed by atoms with van der Waals surface area (Å²) in [6, 6.07) is 5.69. The van der Waals surface area contributed by atoms with Gasteiger partial charge < -0.3 is 11.1 Å². The Morgan fingerprint density at radius 3 is 3.05 bits per heavy atom. The van der Waals surface area contributed by atoms with Gasteiger partial charge in [-0.2, -0.15) is 5.10 Å². The van der Waals surface area contributed by atoms with Crippen LogP contribution in [0.3, 0.4) is 0 Å². The summed E-state index contributed by atoms with van der Waals surface area (Å²) >= 11 is 0. The van der Waals surface area contributed by atoms with E-state index < -0.39 is 0 Å². The van der Waals surface area contributed by atoms with Crippen LogP contribution < -0.4 is 11.1 Å². The molecule has 0 aliphatic rings. The molecule has 5 nitrogen and oxygen atoms in total. The highest BCUT2D eigenvalue weighted by molar-refractivity contribution is 6.00. The molecule has 0 aromatic carbocycles. The van der Waals surface area contributed by atoms with Crippen molar-refractivity contribution in [3.05, 3.63) is 36.2 Å². The lowest BCUT2D eigenvalue weighted by Gasteiger charge is -2.15. The highest BCUT2D eigenvalue weighted by atomic mass is 16.1. The van der Waals surface area contributed by atoms with E-state index in [9.17, 15) is 4.79 Å². The zero-order chi connectivity index (χ0) is 14.4. The number of carbonyl (C=O) groups is 1. The number of hydrogen-bond donors (Lipinski definition) is 2. The number of rotatable bonds is 7. The van der Waals surface area contributed by atoms with E-state index in [0.29, 0.717) is 24.6 Å². The minimum absolute atomic E-state index is 0.0654. The van der Waals surface area contributed by atoms with Crippen molar-refractivity contribution in [1.29, 1.82) is 0 Å². The third-order valence-electron chi connectivity index (χ3n) is 3.49. The molecular formula is C15H22N4O. The number of nitrogens with two attached hydrogens (primary N) is 1. The standard InChI is InChI=1S/C15H22N4O/c1-2-5-12(7-8-16)10-17-15(20)13-11-18-19-9-4-3-6-14(13)19/h3-4,6,9,11-12H,2,5,7-8,10,16H2,1H3,(H,17,20). The van der Waals surface area contributed by atoms with Crippen LogP contribution in [0, 0.1) is 5.92 Å². The summed E-state index contributed by atoms with van der Waals surface area (Å²) < 4.78 is 1.71. The number of amides is 1. The van der Waals surface area contributed by atoms with Gasteiger partial charge in [-0.1, -0.05) is 19.4 Å². The molecule has 0 spiro atoms. The van der Waals surface area contributed by atoms with Crippen LogP contribution in [-0.4, -0.2) is 28.6 Å². The largest absolute Gasteiger partial charge is 0.352 e. The normalized spacial score (nSPS) is 12.5. The first kappa shape index (κ1) is 14.5. The number of fused-ring (bicyclic) bond motifs is 1. The summed E-state index contributed by atoms with van der Waals surface area (Å²) in [5.41, 5.74) is 7.06. The van der Waals surface area contributed by atoms with Crippen molar-refractivity contribution in [3.8, 4) is 0 Å². The highest BCUT2D eigenvalue weighted by Crippen LogP contribution is 2.12. The minimum Gasteiger partial charge on any atom is -0.352 e. The topological polar surface area (TPSA) is 72.4 Å². The molecule has 0 bridgehead atoms. The van der Waals surface area contributed by atoms with Gasteiger partial charge in [-0.3, -0.25) is 4.79 Å². The molecule has 20 heavy (non-hydrogen) atoms. The Balaban J connectivity index is 2.01. The van der Waals surface area contributed by atoms with Crippen LogP contribution in [0.1, 0.15) is 36.5 Å². The molecule has 108 valence electrons. The van der Waals surface area contributed by atoms with Crippen molar-refractivity contribution >= 4 is 11.4 Å². The second kappa shape index (κ2) is 7.05. The smallest absolute Gasteiger partial charge is 0.255 e. The molecule has 2 aromatic rings. The Hall–Kier alpha value is -1.88. The van der Waals surface area contributed by atoms with Crippen LogP contribution in [0.2, 0.25) is 0 Å². The second-order valence-corrected chi connectivity index (χ2v) is 5.03. The minimum atomic E-state index is -0.0654. The Labute approximate surface area is 119 Å². The Bertz CT molecular complexity index is 558. The second-order valence-electron chi connectivity index (χ2n) is 5.03. The summed E-state index contributed by atoms with van der Waals surface area (Å²) in [6.07, 6.45) is 6.59. The molecular weight excluding hydrogens is 252 g/mol. The summed E-state index contributed by atoms with van der Waals surface area (Å²) in [7, 11) is 0. The molecule has 0 aliphatic carbocycles. The SMILES string of the molecule is CCCC(CCN)CNC(=O)c1cnn2ccccc12. The number of nitrogens with one attached hydrogen (secondary N) is 1. The van der Waals surface area contributed by atoms with Crippen LogP contribution in [0.5, 0.6) is 0 Å². The van der Waals surface area contributed by atoms with Gasteiger partial charge in [-0.05, 0) is 37.4 Å². The maximum absolute atomic E-state index is 12.2. The molecule has 0 fully saturated rings. The lowest BCUT2D eigenvalue weighted by Crippen LogP contribution is -2.30. The van der Waals surface area contributed by atoms with Crippen molar-refractivity contribution in [2.24, 2.45) is 11.7 Å². The zero-order valence-corrected chi connectivity index (χ0v) is 11.9. The van der Waals surface area contributed by atoms with Crippen molar-refractivity contribution in [2.75, 3.05) is 13.1 Å². The van der Waals surface area contributed by atoms with E-state index in [1.165, 1.54) is 0 Å². The fourth-order valence-electron chi connectivity index (χ4n) is 2.43. The molecule has 2 heterocycles. The zero-order valence-electron chi connectivity index (χ0n) is 11.9. The van der Waals surface area contributed by atoms with Crippen LogP contribution in [-0.2, 0) is 0 Å². The quantitative estimate of drug-likeness (QED) is 0.809. The molecule has 5 heteroatoms. The Morgan fingerprint density at radius 1 is 1.45 bits per heavy atom. The van der Waals surface area contributed by atoms with E-state index in [0.717, 1.165) is 24.8 Å². The lowest BCUT2D eigenvalue weighted by molar-refractivity contribution is 0.0947. The summed E-state index contributed by atoms with van der Waals surface area (Å²) in [5, 5.41) is 7.17. The lowest BCUT2D eigenvalue weighted by atomic mass is 10.00. The molecule has 0 saturated carbocycles. The van der Waals surface area contributed by atoms with Gasteiger partial charge in [0.2, 0.25) is 0 Å². The molecule has 1 unspecified atom stereocenters. The maximum Gasteiger partial charge on any atom is 0.255 e. The third kappa shape index (κ3) is 3.36. The average Bonchev–Trinajstić information content (AvgIpc) is 2.89. The summed E-state index contributed by atoms with van der Waals surface area (Å²) in [6.45, 7) is 3.49. The van der Waals surface area contributed by atoms with Crippen molar-refractivity contribution < 1.29 is 4.79 Å². The van der Waals surface area contributed by atoms with E-state index in [4.69, 9.17) is 5.73 Å². The van der Waals surface area contributed by atoms with Crippen LogP contribution in [0.25, 0.3) is 5.52 Å². The number of carbonyl (C=O) groups excluding carboxylic acids is 1. The predicted octanol–water partition coefficient (Wildman–Crippen LogP) is 1.83. The van der Waals surface area contributed by atoms with E-state index in [1.54, 1.807) is 10.7 Å². The van der Waals surface area contributed by atoms with Gasteiger partial charge in [-0.25, -0.2) is 4.52 Å². The van der Waals surface area contributed by atoms with Crippen molar-refractivity contribution in [1.82, 2.24) is 14.9 Å². The van der Waals surface area contributed by atoms with Gasteiger partial charge in [0, 0.05) is 12.7 Å². The van der Waals surface area contributed by atoms with Gasteiger partial charge in [0.25, 0.3) is 5.91 Å². The molecule has 2 rings (SSSR count). The summed E-state index contributed by atoms with van der Waals surface area (Å²) in [5.74, 6) is 0.389. The third-order valence-corrected chi connectivity index (χ3v) is 3.49. The van der Waals surface area contributed by atoms with E-state index in [2.05, 4.69) is 17.3 Å². The molecule has 0 saturated heterocycles. The monoisotopic (exact) mass is 274 g/mol. The van der Waals surface area contributed by atoms with Crippen LogP contribution in [0.4, 0.5) is 0 Å². The molecule has 1 amide bonds. The van der Waals surface area contributed by atoms with Crippen molar-refractivity contribution in [2.45, 2.75) is 26.2 Å². The van der Waals surface area contributed by atoms with Crippen molar-refractivity contribution in [3.63, 3.8) is 0 Å². The van der Waals surface area contributed by atoms with Gasteiger partial charge in [0.05, 0.1) is 17.3 Å². The maximum atomic E-state index is 12.2. The fraction of sp³-hybridized carbons (Fsp3) is 0.467. The van der Waals surface area contributed by atoms with E-state index in [-0.39, 0.29) is 5.91 Å². The number of pyridine rings is 1. The summed E-state index contributed by atoms with van der Waals surface area (Å²) in [4.78, 5) is 12.2. The van der Waals surface area contributed by atoms with Crippen LogP contribution in [0.15, 0.2) is 30.6 Å². The molecule has 0 radical (unpaired) electrons. The van der Waals surface area contributed by atoms with Gasteiger partial charge >= 0.3 is 0 Å². The van der Waals surface area contributed by atoms with Crippen LogP contribution >= 0.6 is 0 Å². The number of aromatic nitrogens is 2.